The lowest BCUT2D eigenvalue weighted by atomic mass is 9.92. The first-order valence-electron chi connectivity index (χ1n) is 15.4. The van der Waals surface area contributed by atoms with E-state index in [1.54, 1.807) is 42.2 Å². The van der Waals surface area contributed by atoms with E-state index in [-0.39, 0.29) is 37.7 Å². The number of halogens is 2. The zero-order valence-corrected chi connectivity index (χ0v) is 26.3. The van der Waals surface area contributed by atoms with Gasteiger partial charge in [-0.25, -0.2) is 27.3 Å². The van der Waals surface area contributed by atoms with Gasteiger partial charge in [0, 0.05) is 69.1 Å². The molecule has 1 unspecified atom stereocenters. The van der Waals surface area contributed by atoms with Gasteiger partial charge >= 0.3 is 0 Å². The van der Waals surface area contributed by atoms with Crippen LogP contribution in [0.4, 0.5) is 20.3 Å². The Bertz CT molecular complexity index is 1850. The third kappa shape index (κ3) is 5.98. The molecule has 1 saturated carbocycles. The van der Waals surface area contributed by atoms with Crippen LogP contribution in [-0.4, -0.2) is 77.2 Å². The van der Waals surface area contributed by atoms with Crippen molar-refractivity contribution < 1.29 is 26.7 Å². The van der Waals surface area contributed by atoms with Gasteiger partial charge in [0.05, 0.1) is 18.4 Å². The molecule has 7 rings (SSSR count). The lowest BCUT2D eigenvalue weighted by Gasteiger charge is -2.35. The van der Waals surface area contributed by atoms with Crippen molar-refractivity contribution in [2.75, 3.05) is 42.6 Å². The molecular weight excluding hydrogens is 618 g/mol. The first kappa shape index (κ1) is 30.7. The minimum Gasteiger partial charge on any atom is -0.415 e. The summed E-state index contributed by atoms with van der Waals surface area (Å²) in [5, 5.41) is 27.0. The second-order valence-electron chi connectivity index (χ2n) is 12.7. The first-order chi connectivity index (χ1) is 21.9. The smallest absolute Gasteiger partial charge is 0.266 e. The number of benzene rings is 1. The summed E-state index contributed by atoms with van der Waals surface area (Å²) in [6, 6.07) is 8.67. The van der Waals surface area contributed by atoms with E-state index in [1.165, 1.54) is 12.8 Å². The fraction of sp³-hybridized carbons (Fsp3) is 0.484. The van der Waals surface area contributed by atoms with E-state index in [1.807, 2.05) is 17.2 Å². The molecule has 0 amide bonds. The molecule has 5 heterocycles. The summed E-state index contributed by atoms with van der Waals surface area (Å²) >= 11 is 0. The molecule has 12 nitrogen and oxygen atoms in total. The Balaban J connectivity index is 1.25. The van der Waals surface area contributed by atoms with Crippen molar-refractivity contribution in [3.63, 3.8) is 0 Å². The van der Waals surface area contributed by atoms with Crippen LogP contribution < -0.4 is 14.9 Å². The third-order valence-corrected chi connectivity index (χ3v) is 10.9. The molecule has 1 spiro atoms. The Labute approximate surface area is 265 Å². The van der Waals surface area contributed by atoms with E-state index < -0.39 is 27.8 Å². The summed E-state index contributed by atoms with van der Waals surface area (Å²) < 4.78 is 60.5. The van der Waals surface area contributed by atoms with Crippen molar-refractivity contribution in [1.29, 1.82) is 0 Å². The van der Waals surface area contributed by atoms with Gasteiger partial charge in [0.2, 0.25) is 15.9 Å². The number of sulfonamides is 1. The van der Waals surface area contributed by atoms with E-state index in [0.29, 0.717) is 28.1 Å². The van der Waals surface area contributed by atoms with Crippen LogP contribution in [0.2, 0.25) is 0 Å². The van der Waals surface area contributed by atoms with E-state index in [4.69, 9.17) is 14.5 Å². The van der Waals surface area contributed by atoms with Gasteiger partial charge in [-0.2, -0.15) is 5.10 Å². The Morgan fingerprint density at radius 3 is 2.26 bits per heavy atom. The number of primary sulfonamides is 1. The van der Waals surface area contributed by atoms with Gasteiger partial charge in [-0.1, -0.05) is 6.07 Å². The highest BCUT2D eigenvalue weighted by atomic mass is 32.2. The van der Waals surface area contributed by atoms with Crippen LogP contribution in [-0.2, 0) is 17.1 Å². The minimum absolute atomic E-state index is 0.145. The molecule has 3 aromatic heterocycles. The normalized spacial score (nSPS) is 19.8. The highest BCUT2D eigenvalue weighted by Crippen LogP contribution is 2.54. The second-order valence-corrected chi connectivity index (χ2v) is 14.5. The minimum atomic E-state index is -4.05. The molecule has 1 aliphatic carbocycles. The average Bonchev–Trinajstić information content (AvgIpc) is 3.37. The predicted octanol–water partition coefficient (Wildman–Crippen LogP) is 4.14. The lowest BCUT2D eigenvalue weighted by Crippen LogP contribution is -2.40. The molecule has 3 N–H and O–H groups in total. The molecule has 46 heavy (non-hydrogen) atoms. The van der Waals surface area contributed by atoms with Crippen molar-refractivity contribution in [1.82, 2.24) is 25.0 Å². The summed E-state index contributed by atoms with van der Waals surface area (Å²) in [5.41, 5.74) is 4.08. The Hall–Kier alpha value is -3.95. The molecule has 1 aromatic carbocycles. The Morgan fingerprint density at radius 1 is 0.957 bits per heavy atom. The van der Waals surface area contributed by atoms with Gasteiger partial charge in [-0.15, -0.1) is 10.2 Å². The second kappa shape index (κ2) is 11.4. The van der Waals surface area contributed by atoms with Crippen molar-refractivity contribution >= 4 is 21.5 Å². The monoisotopic (exact) mass is 654 g/mol. The van der Waals surface area contributed by atoms with Crippen LogP contribution >= 0.6 is 0 Å². The van der Waals surface area contributed by atoms with Crippen molar-refractivity contribution in [3.05, 3.63) is 48.3 Å². The zero-order chi connectivity index (χ0) is 32.3. The van der Waals surface area contributed by atoms with Gasteiger partial charge < -0.3 is 19.3 Å². The number of alkyl halides is 2. The topological polar surface area (TPSA) is 156 Å². The molecule has 2 saturated heterocycles. The molecule has 244 valence electrons. The van der Waals surface area contributed by atoms with Crippen molar-refractivity contribution in [2.24, 2.45) is 17.6 Å². The number of rotatable bonds is 8. The molecule has 1 atom stereocenters. The van der Waals surface area contributed by atoms with Gasteiger partial charge in [0.25, 0.3) is 11.8 Å². The van der Waals surface area contributed by atoms with E-state index >= 15 is 0 Å². The van der Waals surface area contributed by atoms with Crippen LogP contribution in [0.15, 0.2) is 47.1 Å². The number of aliphatic hydroxyl groups excluding tert-OH is 1. The Kier molecular flexibility index (Phi) is 7.60. The third-order valence-electron chi connectivity index (χ3n) is 9.64. The number of piperidine rings is 2. The molecule has 0 radical (unpaired) electrons. The maximum Gasteiger partial charge on any atom is 0.266 e. The molecule has 2 aliphatic heterocycles. The van der Waals surface area contributed by atoms with Gasteiger partial charge in [-0.3, -0.25) is 4.68 Å². The van der Waals surface area contributed by atoms with E-state index in [2.05, 4.69) is 20.2 Å². The number of anilines is 2. The van der Waals surface area contributed by atoms with Crippen LogP contribution in [0.25, 0.3) is 34.2 Å². The van der Waals surface area contributed by atoms with Crippen LogP contribution in [0.1, 0.15) is 49.3 Å². The highest BCUT2D eigenvalue weighted by Gasteiger charge is 2.45. The van der Waals surface area contributed by atoms with Gasteiger partial charge in [0.15, 0.2) is 0 Å². The quantitative estimate of drug-likeness (QED) is 0.283. The summed E-state index contributed by atoms with van der Waals surface area (Å²) in [4.78, 5) is 8.89. The number of nitrogens with zero attached hydrogens (tertiary/aromatic N) is 7. The largest absolute Gasteiger partial charge is 0.415 e. The number of aryl methyl sites for hydroxylation is 1. The summed E-state index contributed by atoms with van der Waals surface area (Å²) in [5.74, 6) is -1.81. The lowest BCUT2D eigenvalue weighted by molar-refractivity contribution is -0.0221. The maximum atomic E-state index is 14.0. The first-order valence-corrected chi connectivity index (χ1v) is 17.0. The number of aliphatic hydroxyl groups is 1. The van der Waals surface area contributed by atoms with Crippen LogP contribution in [0.3, 0.4) is 0 Å². The predicted molar refractivity (Wildman–Crippen MR) is 168 cm³/mol. The van der Waals surface area contributed by atoms with E-state index in [9.17, 15) is 22.3 Å². The van der Waals surface area contributed by atoms with Gasteiger partial charge in [-0.05, 0) is 60.9 Å². The number of hydrogen-bond donors (Lipinski definition) is 2. The van der Waals surface area contributed by atoms with Crippen LogP contribution in [0.5, 0.6) is 0 Å². The molecule has 3 aliphatic rings. The summed E-state index contributed by atoms with van der Waals surface area (Å²) in [6.07, 6.45) is 7.53. The molecule has 15 heteroatoms. The number of aromatic nitrogens is 5. The molecule has 3 fully saturated rings. The SMILES string of the molecule is Cn1cc(-c2ccc(-c3nnc(-c4ccc(C(CO)S(N)(=O)=O)cc4N4CCC5(CC4)CC5)o3)nc2N2CCC(F)(F)CC2)cn1. The van der Waals surface area contributed by atoms with Crippen LogP contribution in [0, 0.1) is 5.41 Å². The molecular formula is C31H36F2N8O4S. The highest BCUT2D eigenvalue weighted by molar-refractivity contribution is 7.89. The fourth-order valence-electron chi connectivity index (χ4n) is 6.56. The number of pyridine rings is 1. The molecule has 0 bridgehead atoms. The standard InChI is InChI=1S/C31H36F2N8O4S/c1-39-18-21(17-35-39)22-4-5-24(36-27(22)41-14-10-31(32,33)11-15-41)29-38-37-28(45-29)23-3-2-20(26(19-42)46(34,43)44)16-25(23)40-12-8-30(6-7-30)9-13-40/h2-5,16-18,26,42H,6-15,19H2,1H3,(H2,34,43,44). The maximum absolute atomic E-state index is 14.0. The van der Waals surface area contributed by atoms with E-state index in [0.717, 1.165) is 42.7 Å². The number of hydrogen-bond acceptors (Lipinski definition) is 10. The van der Waals surface area contributed by atoms with Crippen molar-refractivity contribution in [3.8, 4) is 34.2 Å². The zero-order valence-electron chi connectivity index (χ0n) is 25.4. The summed E-state index contributed by atoms with van der Waals surface area (Å²) in [7, 11) is -2.25. The number of nitrogens with two attached hydrogens (primary N) is 1. The Morgan fingerprint density at radius 2 is 1.63 bits per heavy atom. The molecule has 4 aromatic rings. The summed E-state index contributed by atoms with van der Waals surface area (Å²) in [6.45, 7) is 1.21. The fourth-order valence-corrected chi connectivity index (χ4v) is 7.30. The van der Waals surface area contributed by atoms with Crippen molar-refractivity contribution in [2.45, 2.75) is 49.7 Å². The van der Waals surface area contributed by atoms with Gasteiger partial charge in [0.1, 0.15) is 16.8 Å². The average molecular weight is 655 g/mol.